The molecule has 1 aromatic rings. The second-order valence-corrected chi connectivity index (χ2v) is 10.5. The Bertz CT molecular complexity index is 955. The van der Waals surface area contributed by atoms with Gasteiger partial charge >= 0.3 is 0 Å². The molecule has 2 aliphatic carbocycles. The fraction of sp³-hybridized carbons (Fsp3) is 0.522. The van der Waals surface area contributed by atoms with E-state index in [9.17, 15) is 14.7 Å². The molecule has 5 heteroatoms. The van der Waals surface area contributed by atoms with Crippen LogP contribution in [0.3, 0.4) is 0 Å². The Labute approximate surface area is 170 Å². The molecule has 2 atom stereocenters. The Kier molecular flexibility index (Phi) is 4.35. The predicted molar refractivity (Wildman–Crippen MR) is 110 cm³/mol. The van der Waals surface area contributed by atoms with Crippen molar-refractivity contribution in [3.05, 3.63) is 40.1 Å². The first kappa shape index (κ1) is 19.4. The van der Waals surface area contributed by atoms with Gasteiger partial charge in [-0.05, 0) is 41.9 Å². The number of hydrogen-bond donors (Lipinski definition) is 1. The van der Waals surface area contributed by atoms with Crippen molar-refractivity contribution in [2.24, 2.45) is 21.7 Å². The van der Waals surface area contributed by atoms with Gasteiger partial charge in [0.15, 0.2) is 5.78 Å². The highest BCUT2D eigenvalue weighted by molar-refractivity contribution is 6.30. The van der Waals surface area contributed by atoms with Crippen LogP contribution in [-0.2, 0) is 9.59 Å². The number of aliphatic imine (C=N–C) groups is 1. The number of fused-ring (bicyclic) bond motifs is 1. The van der Waals surface area contributed by atoms with E-state index in [4.69, 9.17) is 16.6 Å². The molecule has 4 nitrogen and oxygen atoms in total. The van der Waals surface area contributed by atoms with Gasteiger partial charge in [-0.3, -0.25) is 14.6 Å². The van der Waals surface area contributed by atoms with Gasteiger partial charge in [0.05, 0.1) is 5.92 Å². The molecule has 1 N–H and O–H groups in total. The summed E-state index contributed by atoms with van der Waals surface area (Å²) in [6.45, 7) is 8.30. The highest BCUT2D eigenvalue weighted by atomic mass is 35.5. The van der Waals surface area contributed by atoms with Crippen LogP contribution in [0.5, 0.6) is 5.75 Å². The first-order valence-corrected chi connectivity index (χ1v) is 10.2. The van der Waals surface area contributed by atoms with Gasteiger partial charge in [0.25, 0.3) is 0 Å². The Morgan fingerprint density at radius 2 is 1.68 bits per heavy atom. The van der Waals surface area contributed by atoms with Crippen LogP contribution >= 0.6 is 11.6 Å². The lowest BCUT2D eigenvalue weighted by molar-refractivity contribution is -0.124. The summed E-state index contributed by atoms with van der Waals surface area (Å²) < 4.78 is 0. The Morgan fingerprint density at radius 1 is 1.00 bits per heavy atom. The van der Waals surface area contributed by atoms with Crippen molar-refractivity contribution in [3.63, 3.8) is 0 Å². The molecule has 148 valence electrons. The number of rotatable bonds is 1. The third-order valence-corrected chi connectivity index (χ3v) is 6.40. The largest absolute Gasteiger partial charge is 0.508 e. The molecule has 0 aromatic heterocycles. The highest BCUT2D eigenvalue weighted by Crippen LogP contribution is 2.52. The summed E-state index contributed by atoms with van der Waals surface area (Å²) in [6, 6.07) is 4.85. The van der Waals surface area contributed by atoms with Crippen LogP contribution in [0.1, 0.15) is 64.9 Å². The molecule has 1 aliphatic heterocycles. The predicted octanol–water partition coefficient (Wildman–Crippen LogP) is 5.23. The number of ketones is 2. The molecular formula is C23H26ClNO3. The van der Waals surface area contributed by atoms with E-state index in [0.717, 1.165) is 11.4 Å². The van der Waals surface area contributed by atoms with Crippen LogP contribution < -0.4 is 0 Å². The zero-order chi connectivity index (χ0) is 20.4. The summed E-state index contributed by atoms with van der Waals surface area (Å²) in [5.74, 6) is -0.827. The molecule has 1 unspecified atom stereocenters. The average Bonchev–Trinajstić information content (AvgIpc) is 2.52. The van der Waals surface area contributed by atoms with Crippen LogP contribution in [0.2, 0.25) is 5.02 Å². The van der Waals surface area contributed by atoms with E-state index in [0.29, 0.717) is 41.8 Å². The van der Waals surface area contributed by atoms with Crippen LogP contribution in [0.25, 0.3) is 0 Å². The number of phenolic OH excluding ortho intramolecular Hbond substituents is 1. The minimum atomic E-state index is -0.506. The number of carbonyl (C=O) groups excluding carboxylic acids is 2. The van der Waals surface area contributed by atoms with Gasteiger partial charge in [-0.2, -0.15) is 0 Å². The standard InChI is InChI=1S/C23H26ClNO3/c1-22(2)8-14-20(17(27)10-22)19(13-7-12(24)5-6-16(13)26)21-15(25-14)9-23(3,4)11-18(21)28/h5-7,19-20,26H,8-11H2,1-4H3/t19-,20?/m0/s1. The third-order valence-electron chi connectivity index (χ3n) is 6.16. The molecule has 0 saturated heterocycles. The molecule has 1 fully saturated rings. The van der Waals surface area contributed by atoms with Crippen molar-refractivity contribution in [1.29, 1.82) is 0 Å². The van der Waals surface area contributed by atoms with Gasteiger partial charge in [-0.15, -0.1) is 0 Å². The normalized spacial score (nSPS) is 28.5. The maximum Gasteiger partial charge on any atom is 0.161 e. The van der Waals surface area contributed by atoms with E-state index >= 15 is 0 Å². The SMILES string of the molecule is CC1(C)CC(=O)C2C(=NC3=C(C(=O)CC(C)(C)C3)[C@H]2c2cc(Cl)ccc2O)C1. The number of allylic oxidation sites excluding steroid dienone is 2. The molecule has 1 aromatic carbocycles. The molecule has 0 radical (unpaired) electrons. The minimum Gasteiger partial charge on any atom is -0.508 e. The van der Waals surface area contributed by atoms with Crippen LogP contribution in [0, 0.1) is 16.7 Å². The van der Waals surface area contributed by atoms with Gasteiger partial charge in [0.2, 0.25) is 0 Å². The van der Waals surface area contributed by atoms with E-state index in [1.165, 1.54) is 6.07 Å². The van der Waals surface area contributed by atoms with E-state index in [1.54, 1.807) is 12.1 Å². The molecule has 0 spiro atoms. The molecular weight excluding hydrogens is 374 g/mol. The first-order chi connectivity index (χ1) is 13.0. The number of benzene rings is 1. The van der Waals surface area contributed by atoms with Crippen molar-refractivity contribution in [1.82, 2.24) is 0 Å². The zero-order valence-electron chi connectivity index (χ0n) is 16.8. The fourth-order valence-corrected chi connectivity index (χ4v) is 5.30. The highest BCUT2D eigenvalue weighted by Gasteiger charge is 2.50. The summed E-state index contributed by atoms with van der Waals surface area (Å²) in [5.41, 5.74) is 2.45. The average molecular weight is 400 g/mol. The molecule has 0 bridgehead atoms. The Morgan fingerprint density at radius 3 is 2.39 bits per heavy atom. The van der Waals surface area contributed by atoms with Gasteiger partial charge in [-0.1, -0.05) is 39.3 Å². The first-order valence-electron chi connectivity index (χ1n) is 9.82. The van der Waals surface area contributed by atoms with Gasteiger partial charge < -0.3 is 5.11 Å². The topological polar surface area (TPSA) is 66.7 Å². The number of aromatic hydroxyl groups is 1. The Balaban J connectivity index is 1.95. The number of phenols is 1. The lowest BCUT2D eigenvalue weighted by Gasteiger charge is -2.44. The molecule has 1 saturated carbocycles. The van der Waals surface area contributed by atoms with Crippen LogP contribution in [0.15, 0.2) is 34.5 Å². The summed E-state index contributed by atoms with van der Waals surface area (Å²) in [7, 11) is 0. The zero-order valence-corrected chi connectivity index (χ0v) is 17.6. The van der Waals surface area contributed by atoms with Crippen LogP contribution in [-0.4, -0.2) is 22.4 Å². The van der Waals surface area contributed by atoms with Gasteiger partial charge in [0, 0.05) is 46.3 Å². The molecule has 28 heavy (non-hydrogen) atoms. The minimum absolute atomic E-state index is 0.0241. The van der Waals surface area contributed by atoms with E-state index in [-0.39, 0.29) is 28.1 Å². The number of Topliss-reactive ketones (excluding diaryl/α,β-unsaturated/α-hetero) is 2. The lowest BCUT2D eigenvalue weighted by Crippen LogP contribution is -2.45. The van der Waals surface area contributed by atoms with Gasteiger partial charge in [0.1, 0.15) is 11.5 Å². The molecule has 3 aliphatic rings. The lowest BCUT2D eigenvalue weighted by atomic mass is 9.60. The van der Waals surface area contributed by atoms with E-state index in [2.05, 4.69) is 27.7 Å². The maximum absolute atomic E-state index is 13.2. The quantitative estimate of drug-likeness (QED) is 0.702. The second-order valence-electron chi connectivity index (χ2n) is 10.0. The maximum atomic E-state index is 13.2. The molecule has 4 rings (SSSR count). The van der Waals surface area contributed by atoms with Crippen molar-refractivity contribution >= 4 is 28.9 Å². The Hall–Kier alpha value is -1.94. The monoisotopic (exact) mass is 399 g/mol. The van der Waals surface area contributed by atoms with Crippen LogP contribution in [0.4, 0.5) is 0 Å². The van der Waals surface area contributed by atoms with Crippen molar-refractivity contribution in [3.8, 4) is 5.75 Å². The van der Waals surface area contributed by atoms with Gasteiger partial charge in [-0.25, -0.2) is 0 Å². The fourth-order valence-electron chi connectivity index (χ4n) is 5.12. The number of hydrogen-bond acceptors (Lipinski definition) is 4. The number of halogens is 1. The number of carbonyl (C=O) groups is 2. The summed E-state index contributed by atoms with van der Waals surface area (Å²) in [5, 5.41) is 11.1. The van der Waals surface area contributed by atoms with Crippen molar-refractivity contribution < 1.29 is 14.7 Å². The molecule has 1 heterocycles. The van der Waals surface area contributed by atoms with Crippen molar-refractivity contribution in [2.45, 2.75) is 59.3 Å². The number of nitrogens with zero attached hydrogens (tertiary/aromatic N) is 1. The second kappa shape index (κ2) is 6.28. The summed E-state index contributed by atoms with van der Waals surface area (Å²) >= 11 is 6.22. The smallest absolute Gasteiger partial charge is 0.161 e. The van der Waals surface area contributed by atoms with E-state index in [1.807, 2.05) is 0 Å². The molecule has 0 amide bonds. The van der Waals surface area contributed by atoms with E-state index < -0.39 is 11.8 Å². The summed E-state index contributed by atoms with van der Waals surface area (Å²) in [6.07, 6.45) is 2.26. The van der Waals surface area contributed by atoms with Crippen molar-refractivity contribution in [2.75, 3.05) is 0 Å². The third kappa shape index (κ3) is 3.22. The summed E-state index contributed by atoms with van der Waals surface area (Å²) in [4.78, 5) is 31.3.